The highest BCUT2D eigenvalue weighted by Crippen LogP contribution is 2.20. The Morgan fingerprint density at radius 1 is 1.18 bits per heavy atom. The molecule has 3 rings (SSSR count). The lowest BCUT2D eigenvalue weighted by Gasteiger charge is -2.12. The summed E-state index contributed by atoms with van der Waals surface area (Å²) in [6, 6.07) is 16.5. The molecule has 1 aromatic heterocycles. The van der Waals surface area contributed by atoms with Crippen molar-refractivity contribution in [2.24, 2.45) is 7.05 Å². The molecule has 1 N–H and O–H groups in total. The molecule has 22 heavy (non-hydrogen) atoms. The van der Waals surface area contributed by atoms with Crippen LogP contribution in [0, 0.1) is 0 Å². The Morgan fingerprint density at radius 3 is 2.77 bits per heavy atom. The predicted octanol–water partition coefficient (Wildman–Crippen LogP) is 3.89. The largest absolute Gasteiger partial charge is 0.378 e. The SMILES string of the molecule is CO[C@H](C)c1cccc(NCc2nc3ccccc3n2C)c1. The molecule has 114 valence electrons. The van der Waals surface area contributed by atoms with Gasteiger partial charge < -0.3 is 14.6 Å². The number of rotatable bonds is 5. The second-order valence-corrected chi connectivity index (χ2v) is 5.43. The van der Waals surface area contributed by atoms with Gasteiger partial charge in [-0.05, 0) is 36.8 Å². The van der Waals surface area contributed by atoms with Gasteiger partial charge in [-0.2, -0.15) is 0 Å². The van der Waals surface area contributed by atoms with E-state index in [1.165, 1.54) is 0 Å². The van der Waals surface area contributed by atoms with Gasteiger partial charge in [-0.25, -0.2) is 4.98 Å². The minimum atomic E-state index is 0.0949. The molecule has 3 aromatic rings. The molecule has 1 heterocycles. The van der Waals surface area contributed by atoms with Gasteiger partial charge in [-0.3, -0.25) is 0 Å². The molecule has 0 aliphatic carbocycles. The number of nitrogens with one attached hydrogen (secondary N) is 1. The van der Waals surface area contributed by atoms with E-state index in [9.17, 15) is 0 Å². The van der Waals surface area contributed by atoms with Crippen LogP contribution in [0.25, 0.3) is 11.0 Å². The number of fused-ring (bicyclic) bond motifs is 1. The maximum absolute atomic E-state index is 5.37. The number of benzene rings is 2. The molecule has 2 aromatic carbocycles. The van der Waals surface area contributed by atoms with Crippen LogP contribution in [0.5, 0.6) is 0 Å². The quantitative estimate of drug-likeness (QED) is 0.776. The van der Waals surface area contributed by atoms with Gasteiger partial charge >= 0.3 is 0 Å². The number of aryl methyl sites for hydroxylation is 1. The lowest BCUT2D eigenvalue weighted by molar-refractivity contribution is 0.119. The molecule has 0 radical (unpaired) electrons. The molecule has 1 atom stereocenters. The number of hydrogen-bond acceptors (Lipinski definition) is 3. The minimum absolute atomic E-state index is 0.0949. The Hall–Kier alpha value is -2.33. The first-order valence-corrected chi connectivity index (χ1v) is 7.46. The zero-order valence-corrected chi connectivity index (χ0v) is 13.2. The Balaban J connectivity index is 1.78. The van der Waals surface area contributed by atoms with Gasteiger partial charge in [0.25, 0.3) is 0 Å². The van der Waals surface area contributed by atoms with Gasteiger partial charge in [-0.1, -0.05) is 24.3 Å². The lowest BCUT2D eigenvalue weighted by Crippen LogP contribution is -2.06. The molecule has 0 spiro atoms. The highest BCUT2D eigenvalue weighted by molar-refractivity contribution is 5.75. The zero-order chi connectivity index (χ0) is 15.5. The molecule has 0 aliphatic heterocycles. The number of anilines is 1. The Bertz CT molecular complexity index is 779. The van der Waals surface area contributed by atoms with Crippen LogP contribution in [-0.2, 0) is 18.3 Å². The van der Waals surface area contributed by atoms with Crippen molar-refractivity contribution >= 4 is 16.7 Å². The van der Waals surface area contributed by atoms with Crippen LogP contribution in [0.3, 0.4) is 0 Å². The van der Waals surface area contributed by atoms with Crippen molar-refractivity contribution in [1.82, 2.24) is 9.55 Å². The van der Waals surface area contributed by atoms with Gasteiger partial charge in [0.2, 0.25) is 0 Å². The van der Waals surface area contributed by atoms with Crippen molar-refractivity contribution < 1.29 is 4.74 Å². The molecule has 0 fully saturated rings. The van der Waals surface area contributed by atoms with Crippen LogP contribution in [0.2, 0.25) is 0 Å². The highest BCUT2D eigenvalue weighted by atomic mass is 16.5. The number of ether oxygens (including phenoxy) is 1. The highest BCUT2D eigenvalue weighted by Gasteiger charge is 2.08. The van der Waals surface area contributed by atoms with Gasteiger partial charge in [0.1, 0.15) is 5.82 Å². The summed E-state index contributed by atoms with van der Waals surface area (Å²) in [5.41, 5.74) is 4.43. The second kappa shape index (κ2) is 6.20. The van der Waals surface area contributed by atoms with E-state index in [1.807, 2.05) is 31.2 Å². The van der Waals surface area contributed by atoms with Crippen LogP contribution in [0.1, 0.15) is 24.4 Å². The van der Waals surface area contributed by atoms with Crippen molar-refractivity contribution in [3.8, 4) is 0 Å². The third-order valence-electron chi connectivity index (χ3n) is 4.04. The summed E-state index contributed by atoms with van der Waals surface area (Å²) in [5.74, 6) is 1.02. The average Bonchev–Trinajstić information content (AvgIpc) is 2.89. The number of methoxy groups -OCH3 is 1. The summed E-state index contributed by atoms with van der Waals surface area (Å²) >= 11 is 0. The molecule has 0 aliphatic rings. The molecule has 0 bridgehead atoms. The average molecular weight is 295 g/mol. The Morgan fingerprint density at radius 2 is 2.00 bits per heavy atom. The molecule has 4 heteroatoms. The Kier molecular flexibility index (Phi) is 4.11. The third-order valence-corrected chi connectivity index (χ3v) is 4.04. The number of hydrogen-bond donors (Lipinski definition) is 1. The molecular weight excluding hydrogens is 274 g/mol. The predicted molar refractivity (Wildman–Crippen MR) is 89.9 cm³/mol. The summed E-state index contributed by atoms with van der Waals surface area (Å²) in [4.78, 5) is 4.68. The van der Waals surface area contributed by atoms with Crippen LogP contribution >= 0.6 is 0 Å². The fourth-order valence-corrected chi connectivity index (χ4v) is 2.57. The van der Waals surface area contributed by atoms with E-state index in [2.05, 4.69) is 46.2 Å². The molecule has 0 amide bonds. The molecule has 0 saturated carbocycles. The summed E-state index contributed by atoms with van der Waals surface area (Å²) in [5, 5.41) is 3.44. The van der Waals surface area contributed by atoms with Crippen LogP contribution in [0.4, 0.5) is 5.69 Å². The topological polar surface area (TPSA) is 39.1 Å². The number of aromatic nitrogens is 2. The lowest BCUT2D eigenvalue weighted by atomic mass is 10.1. The first kappa shape index (κ1) is 14.6. The van der Waals surface area contributed by atoms with Crippen LogP contribution in [-0.4, -0.2) is 16.7 Å². The summed E-state index contributed by atoms with van der Waals surface area (Å²) in [6.07, 6.45) is 0.0949. The van der Waals surface area contributed by atoms with E-state index >= 15 is 0 Å². The molecule has 0 unspecified atom stereocenters. The third kappa shape index (κ3) is 2.83. The van der Waals surface area contributed by atoms with Gasteiger partial charge in [-0.15, -0.1) is 0 Å². The molecule has 4 nitrogen and oxygen atoms in total. The van der Waals surface area contributed by atoms with E-state index in [4.69, 9.17) is 4.74 Å². The number of para-hydroxylation sites is 2. The second-order valence-electron chi connectivity index (χ2n) is 5.43. The van der Waals surface area contributed by atoms with Crippen molar-refractivity contribution in [3.63, 3.8) is 0 Å². The monoisotopic (exact) mass is 295 g/mol. The van der Waals surface area contributed by atoms with E-state index in [0.29, 0.717) is 6.54 Å². The van der Waals surface area contributed by atoms with Gasteiger partial charge in [0.05, 0.1) is 23.7 Å². The van der Waals surface area contributed by atoms with Crippen molar-refractivity contribution in [2.75, 3.05) is 12.4 Å². The van der Waals surface area contributed by atoms with E-state index < -0.39 is 0 Å². The standard InChI is InChI=1S/C18H21N3O/c1-13(22-3)14-7-6-8-15(11-14)19-12-18-20-16-9-4-5-10-17(16)21(18)2/h4-11,13,19H,12H2,1-3H3/t13-/m1/s1. The molecule has 0 saturated heterocycles. The number of nitrogens with zero attached hydrogens (tertiary/aromatic N) is 2. The van der Waals surface area contributed by atoms with E-state index in [0.717, 1.165) is 28.1 Å². The van der Waals surface area contributed by atoms with Crippen LogP contribution < -0.4 is 5.32 Å². The fraction of sp³-hybridized carbons (Fsp3) is 0.278. The summed E-state index contributed by atoms with van der Waals surface area (Å²) in [7, 11) is 3.78. The van der Waals surface area contributed by atoms with Crippen molar-refractivity contribution in [1.29, 1.82) is 0 Å². The van der Waals surface area contributed by atoms with E-state index in [-0.39, 0.29) is 6.10 Å². The normalized spacial score (nSPS) is 12.5. The van der Waals surface area contributed by atoms with Crippen molar-refractivity contribution in [3.05, 3.63) is 59.9 Å². The minimum Gasteiger partial charge on any atom is -0.378 e. The smallest absolute Gasteiger partial charge is 0.128 e. The van der Waals surface area contributed by atoms with Crippen LogP contribution in [0.15, 0.2) is 48.5 Å². The first-order valence-electron chi connectivity index (χ1n) is 7.46. The first-order chi connectivity index (χ1) is 10.7. The maximum Gasteiger partial charge on any atom is 0.128 e. The van der Waals surface area contributed by atoms with Gasteiger partial charge in [0, 0.05) is 19.8 Å². The maximum atomic E-state index is 5.37. The molecular formula is C18H21N3O. The number of imidazole rings is 1. The zero-order valence-electron chi connectivity index (χ0n) is 13.2. The van der Waals surface area contributed by atoms with Crippen molar-refractivity contribution in [2.45, 2.75) is 19.6 Å². The van der Waals surface area contributed by atoms with E-state index in [1.54, 1.807) is 7.11 Å². The Labute approximate surface area is 130 Å². The summed E-state index contributed by atoms with van der Waals surface area (Å²) < 4.78 is 7.50. The summed E-state index contributed by atoms with van der Waals surface area (Å²) in [6.45, 7) is 2.74. The fourth-order valence-electron chi connectivity index (χ4n) is 2.57. The van der Waals surface area contributed by atoms with Gasteiger partial charge in [0.15, 0.2) is 0 Å².